The number of benzene rings is 1. The van der Waals surface area contributed by atoms with Crippen molar-refractivity contribution in [3.63, 3.8) is 0 Å². The van der Waals surface area contributed by atoms with Gasteiger partial charge in [0.05, 0.1) is 30.0 Å². The number of hydrogen-bond acceptors (Lipinski definition) is 14. The number of aliphatic hydroxyl groups is 1. The predicted octanol–water partition coefficient (Wildman–Crippen LogP) is 4.58. The Morgan fingerprint density at radius 1 is 1.12 bits per heavy atom. The van der Waals surface area contributed by atoms with Gasteiger partial charge in [0, 0.05) is 56.0 Å². The maximum atomic E-state index is 14.4. The first-order valence-electron chi connectivity index (χ1n) is 21.5. The Labute approximate surface area is 355 Å². The minimum atomic E-state index is -1.28. The fourth-order valence-corrected chi connectivity index (χ4v) is 9.66. The molecule has 3 saturated heterocycles. The lowest BCUT2D eigenvalue weighted by Crippen LogP contribution is -2.61. The normalized spacial score (nSPS) is 36.2. The van der Waals surface area contributed by atoms with Crippen molar-refractivity contribution < 1.29 is 43.2 Å². The first kappa shape index (κ1) is 47.1. The van der Waals surface area contributed by atoms with Crippen LogP contribution in [0.2, 0.25) is 0 Å². The summed E-state index contributed by atoms with van der Waals surface area (Å²) < 4.78 is 33.2. The molecule has 0 radical (unpaired) electrons. The van der Waals surface area contributed by atoms with E-state index in [9.17, 15) is 19.5 Å². The number of cyclic esters (lactones) is 1. The second-order valence-electron chi connectivity index (χ2n) is 17.8. The number of nitrogens with two attached hydrogens (primary N) is 2. The monoisotopic (exact) mass is 840 g/mol. The molecule has 13 atom stereocenters. The van der Waals surface area contributed by atoms with Gasteiger partial charge >= 0.3 is 12.1 Å². The van der Waals surface area contributed by atoms with Crippen LogP contribution in [0.5, 0.6) is 0 Å². The number of likely N-dealkylation sites (N-methyl/N-ethyl adjacent to an activating group) is 1. The molecule has 5 rings (SSSR count). The Morgan fingerprint density at radius 3 is 2.50 bits per heavy atom. The highest BCUT2D eigenvalue weighted by Crippen LogP contribution is 2.42. The summed E-state index contributed by atoms with van der Waals surface area (Å²) in [6.45, 7) is 18.4. The van der Waals surface area contributed by atoms with Crippen molar-refractivity contribution >= 4 is 23.5 Å². The molecule has 3 aliphatic rings. The van der Waals surface area contributed by atoms with Gasteiger partial charge in [0.1, 0.15) is 23.8 Å². The van der Waals surface area contributed by atoms with E-state index in [1.165, 1.54) is 6.92 Å². The standard InChI is InChI=1S/C44H69N7O9/c1-11-16-34-38-44(8,60-42(55)51(38)20-14-13-19-50-25-33(47-48-50)30-17-15-18-31(45)22-30)35(12-2)58-40(54)29(6)36(52)28(5)39(43(7,56-10)23-26(3)24-49(34)9)59-41-37(53)32(46)21-27(4)57-41/h11,15,17-18,22,25-29,32,34-35,37-39,41,53H,1,12-14,16,19-21,23-24,45-46H2,2-10H3/t26-,27-,28+,29-,32?,34-,35-,37?,38-,39-,41+,43-,44-/m1/s1. The number of Topliss-reactive ketones (excluding diaryl/α,β-unsaturated/α-hetero) is 1. The Balaban J connectivity index is 1.44. The number of ketones is 1. The number of nitrogens with zero attached hydrogens (tertiary/aromatic N) is 5. The molecule has 16 heteroatoms. The summed E-state index contributed by atoms with van der Waals surface area (Å²) in [5, 5.41) is 19.7. The molecule has 3 aliphatic heterocycles. The zero-order valence-corrected chi connectivity index (χ0v) is 37.0. The maximum Gasteiger partial charge on any atom is 0.410 e. The van der Waals surface area contributed by atoms with Crippen LogP contribution < -0.4 is 11.5 Å². The van der Waals surface area contributed by atoms with Crippen molar-refractivity contribution in [2.75, 3.05) is 33.0 Å². The average molecular weight is 840 g/mol. The summed E-state index contributed by atoms with van der Waals surface area (Å²) in [6.07, 6.45) is 1.87. The highest BCUT2D eigenvalue weighted by Gasteiger charge is 2.60. The molecule has 2 unspecified atom stereocenters. The highest BCUT2D eigenvalue weighted by atomic mass is 16.7. The van der Waals surface area contributed by atoms with E-state index in [4.69, 9.17) is 35.2 Å². The van der Waals surface area contributed by atoms with Crippen LogP contribution in [-0.4, -0.2) is 135 Å². The van der Waals surface area contributed by atoms with E-state index in [-0.39, 0.29) is 18.1 Å². The number of esters is 1. The van der Waals surface area contributed by atoms with Crippen molar-refractivity contribution in [3.05, 3.63) is 43.1 Å². The van der Waals surface area contributed by atoms with Crippen LogP contribution in [0.3, 0.4) is 0 Å². The third kappa shape index (κ3) is 10.2. The number of fused-ring (bicyclic) bond motifs is 1. The number of amides is 1. The van der Waals surface area contributed by atoms with E-state index >= 15 is 0 Å². The van der Waals surface area contributed by atoms with Crippen LogP contribution in [0.15, 0.2) is 43.1 Å². The molecule has 1 aromatic carbocycles. The van der Waals surface area contributed by atoms with Gasteiger partial charge < -0.3 is 45.2 Å². The smallest absolute Gasteiger partial charge is 0.410 e. The van der Waals surface area contributed by atoms with E-state index in [1.54, 1.807) is 23.6 Å². The van der Waals surface area contributed by atoms with Gasteiger partial charge in [0.2, 0.25) is 0 Å². The average Bonchev–Trinajstić information content (AvgIpc) is 3.78. The zero-order chi connectivity index (χ0) is 44.1. The lowest BCUT2D eigenvalue weighted by Gasteiger charge is -2.46. The molecule has 2 aromatic rings. The number of aryl methyl sites for hydroxylation is 1. The first-order valence-corrected chi connectivity index (χ1v) is 21.5. The Morgan fingerprint density at radius 2 is 1.83 bits per heavy atom. The number of nitrogen functional groups attached to an aromatic ring is 1. The summed E-state index contributed by atoms with van der Waals surface area (Å²) in [6, 6.07) is 6.03. The van der Waals surface area contributed by atoms with E-state index in [0.717, 1.165) is 11.3 Å². The molecule has 3 fully saturated rings. The minimum absolute atomic E-state index is 0.0425. The SMILES string of the molecule is C=CC[C@@H]1[C@H]2N(CCCCn3cc(-c4cccc(N)c4)nn3)C(=O)O[C@]2(C)[C@@H](CC)OC(=O)[C@H](C)C(=O)[C@H](C)[C@@H](O[C@@H]2O[C@H](C)CC(N)C2O)[C@](C)(OC)C[C@@H](C)CN1C. The maximum absolute atomic E-state index is 14.4. The largest absolute Gasteiger partial charge is 0.458 e. The third-order valence-electron chi connectivity index (χ3n) is 12.9. The highest BCUT2D eigenvalue weighted by molar-refractivity contribution is 6.00. The van der Waals surface area contributed by atoms with E-state index in [1.807, 2.05) is 71.3 Å². The molecular formula is C44H69N7O9. The number of rotatable bonds is 12. The fourth-order valence-electron chi connectivity index (χ4n) is 9.66. The van der Waals surface area contributed by atoms with Gasteiger partial charge in [-0.15, -0.1) is 11.7 Å². The van der Waals surface area contributed by atoms with Gasteiger partial charge in [-0.2, -0.15) is 0 Å². The fraction of sp³-hybridized carbons (Fsp3) is 0.705. The molecule has 0 spiro atoms. The number of hydrogen-bond donors (Lipinski definition) is 3. The molecule has 60 heavy (non-hydrogen) atoms. The Hall–Kier alpha value is -3.93. The van der Waals surface area contributed by atoms with Gasteiger partial charge in [-0.05, 0) is 91.3 Å². The summed E-state index contributed by atoms with van der Waals surface area (Å²) in [4.78, 5) is 46.5. The summed E-state index contributed by atoms with van der Waals surface area (Å²) in [7, 11) is 3.59. The van der Waals surface area contributed by atoms with Crippen LogP contribution in [-0.2, 0) is 39.8 Å². The lowest BCUT2D eigenvalue weighted by molar-refractivity contribution is -0.288. The van der Waals surface area contributed by atoms with E-state index in [0.29, 0.717) is 63.8 Å². The van der Waals surface area contributed by atoms with Gasteiger partial charge in [-0.3, -0.25) is 19.2 Å². The minimum Gasteiger partial charge on any atom is -0.458 e. The number of aliphatic hydroxyl groups excluding tert-OH is 1. The molecule has 0 saturated carbocycles. The van der Waals surface area contributed by atoms with Crippen molar-refractivity contribution in [1.29, 1.82) is 0 Å². The summed E-state index contributed by atoms with van der Waals surface area (Å²) in [5.74, 6) is -3.30. The van der Waals surface area contributed by atoms with Crippen LogP contribution >= 0.6 is 0 Å². The van der Waals surface area contributed by atoms with Crippen LogP contribution in [0.4, 0.5) is 10.5 Å². The Kier molecular flexibility index (Phi) is 15.6. The number of aromatic nitrogens is 3. The molecule has 0 aliphatic carbocycles. The van der Waals surface area contributed by atoms with E-state index in [2.05, 4.69) is 28.7 Å². The number of anilines is 1. The van der Waals surface area contributed by atoms with Crippen molar-refractivity contribution in [1.82, 2.24) is 24.8 Å². The number of ether oxygens (including phenoxy) is 5. The van der Waals surface area contributed by atoms with Gasteiger partial charge in [0.15, 0.2) is 17.7 Å². The van der Waals surface area contributed by atoms with Crippen molar-refractivity contribution in [2.45, 2.75) is 154 Å². The molecule has 0 bridgehead atoms. The van der Waals surface area contributed by atoms with Crippen LogP contribution in [0.25, 0.3) is 11.3 Å². The molecule has 1 aromatic heterocycles. The molecular weight excluding hydrogens is 771 g/mol. The molecule has 5 N–H and O–H groups in total. The van der Waals surface area contributed by atoms with E-state index < -0.39 is 77.6 Å². The molecule has 4 heterocycles. The molecule has 16 nitrogen and oxygen atoms in total. The topological polar surface area (TPSA) is 207 Å². The van der Waals surface area contributed by atoms with Crippen molar-refractivity contribution in [2.24, 2.45) is 23.5 Å². The second kappa shape index (κ2) is 19.8. The lowest BCUT2D eigenvalue weighted by atomic mass is 9.78. The quantitative estimate of drug-likeness (QED) is 0.0880. The summed E-state index contributed by atoms with van der Waals surface area (Å²) in [5.41, 5.74) is 12.1. The van der Waals surface area contributed by atoms with Gasteiger partial charge in [-0.25, -0.2) is 4.79 Å². The number of unbranched alkanes of at least 4 members (excludes halogenated alkanes) is 1. The first-order chi connectivity index (χ1) is 28.4. The van der Waals surface area contributed by atoms with Gasteiger partial charge in [0.25, 0.3) is 0 Å². The van der Waals surface area contributed by atoms with Gasteiger partial charge in [-0.1, -0.05) is 44.2 Å². The molecule has 1 amide bonds. The number of carbonyl (C=O) groups excluding carboxylic acids is 3. The zero-order valence-electron chi connectivity index (χ0n) is 37.0. The van der Waals surface area contributed by atoms with Crippen LogP contribution in [0.1, 0.15) is 87.0 Å². The predicted molar refractivity (Wildman–Crippen MR) is 226 cm³/mol. The summed E-state index contributed by atoms with van der Waals surface area (Å²) >= 11 is 0. The second-order valence-corrected chi connectivity index (χ2v) is 17.8. The third-order valence-corrected chi connectivity index (χ3v) is 12.9. The number of carbonyl (C=O) groups is 3. The number of methoxy groups -OCH3 is 1. The molecule has 334 valence electrons. The van der Waals surface area contributed by atoms with Crippen molar-refractivity contribution in [3.8, 4) is 11.3 Å². The Bertz CT molecular complexity index is 1790. The van der Waals surface area contributed by atoms with Crippen LogP contribution in [0, 0.1) is 17.8 Å².